The second kappa shape index (κ2) is 10.3. The van der Waals surface area contributed by atoms with Crippen LogP contribution in [0.4, 0.5) is 11.4 Å². The zero-order valence-corrected chi connectivity index (χ0v) is 17.1. The van der Waals surface area contributed by atoms with Gasteiger partial charge >= 0.3 is 0 Å². The minimum atomic E-state index is -0.0819. The number of benzene rings is 3. The van der Waals surface area contributed by atoms with Gasteiger partial charge < -0.3 is 15.4 Å². The summed E-state index contributed by atoms with van der Waals surface area (Å²) >= 11 is 0. The molecule has 3 rings (SSSR count). The van der Waals surface area contributed by atoms with E-state index in [-0.39, 0.29) is 12.5 Å². The van der Waals surface area contributed by atoms with Crippen molar-refractivity contribution in [3.8, 4) is 5.75 Å². The van der Waals surface area contributed by atoms with Gasteiger partial charge in [-0.2, -0.15) is 0 Å². The molecule has 0 aliphatic rings. The Morgan fingerprint density at radius 3 is 2.41 bits per heavy atom. The highest BCUT2D eigenvalue weighted by Gasteiger charge is 2.05. The smallest absolute Gasteiger partial charge is 0.243 e. The molecule has 0 aromatic heterocycles. The SMILES string of the molecule is Cc1ccc(NCC(=O)Nc2ccc(OCCCc3ccccc3)cc2)c(C)c1. The Morgan fingerprint density at radius 2 is 1.69 bits per heavy atom. The van der Waals surface area contributed by atoms with Crippen molar-refractivity contribution < 1.29 is 9.53 Å². The van der Waals surface area contributed by atoms with Crippen LogP contribution in [0, 0.1) is 13.8 Å². The minimum Gasteiger partial charge on any atom is -0.494 e. The topological polar surface area (TPSA) is 50.4 Å². The first-order valence-corrected chi connectivity index (χ1v) is 9.98. The number of amides is 1. The number of rotatable bonds is 9. The fourth-order valence-corrected chi connectivity index (χ4v) is 3.14. The Kier molecular flexibility index (Phi) is 7.28. The van der Waals surface area contributed by atoms with Crippen LogP contribution in [-0.4, -0.2) is 19.1 Å². The van der Waals surface area contributed by atoms with Gasteiger partial charge in [0.2, 0.25) is 5.91 Å². The van der Waals surface area contributed by atoms with E-state index in [1.165, 1.54) is 11.1 Å². The molecule has 1 amide bonds. The quantitative estimate of drug-likeness (QED) is 0.485. The Bertz CT molecular complexity index is 921. The summed E-state index contributed by atoms with van der Waals surface area (Å²) in [6, 6.07) is 24.0. The lowest BCUT2D eigenvalue weighted by Gasteiger charge is -2.11. The number of anilines is 2. The summed E-state index contributed by atoms with van der Waals surface area (Å²) in [6.45, 7) is 4.98. The average molecular weight is 389 g/mol. The fraction of sp³-hybridized carbons (Fsp3) is 0.240. The van der Waals surface area contributed by atoms with Crippen molar-refractivity contribution in [2.24, 2.45) is 0 Å². The van der Waals surface area contributed by atoms with Crippen LogP contribution in [-0.2, 0) is 11.2 Å². The zero-order valence-electron chi connectivity index (χ0n) is 17.1. The van der Waals surface area contributed by atoms with Gasteiger partial charge in [0.1, 0.15) is 5.75 Å². The van der Waals surface area contributed by atoms with Crippen LogP contribution in [0.3, 0.4) is 0 Å². The van der Waals surface area contributed by atoms with Crippen LogP contribution in [0.2, 0.25) is 0 Å². The van der Waals surface area contributed by atoms with E-state index in [1.807, 2.05) is 49.4 Å². The Hall–Kier alpha value is -3.27. The van der Waals surface area contributed by atoms with Crippen LogP contribution in [0.15, 0.2) is 72.8 Å². The largest absolute Gasteiger partial charge is 0.494 e. The van der Waals surface area contributed by atoms with Gasteiger partial charge in [-0.1, -0.05) is 48.0 Å². The predicted octanol–water partition coefficient (Wildman–Crippen LogP) is 5.37. The molecule has 0 saturated carbocycles. The maximum atomic E-state index is 12.2. The van der Waals surface area contributed by atoms with Crippen molar-refractivity contribution in [3.63, 3.8) is 0 Å². The first kappa shape index (κ1) is 20.5. The molecular formula is C25H28N2O2. The number of aryl methyl sites for hydroxylation is 3. The Balaban J connectivity index is 1.39. The van der Waals surface area contributed by atoms with Crippen molar-refractivity contribution in [3.05, 3.63) is 89.5 Å². The molecule has 0 saturated heterocycles. The van der Waals surface area contributed by atoms with E-state index in [0.29, 0.717) is 6.61 Å². The van der Waals surface area contributed by atoms with Crippen molar-refractivity contribution in [2.75, 3.05) is 23.8 Å². The summed E-state index contributed by atoms with van der Waals surface area (Å²) in [7, 11) is 0. The third-order valence-electron chi connectivity index (χ3n) is 4.68. The molecule has 0 atom stereocenters. The van der Waals surface area contributed by atoms with Crippen LogP contribution in [0.1, 0.15) is 23.1 Å². The minimum absolute atomic E-state index is 0.0819. The predicted molar refractivity (Wildman–Crippen MR) is 120 cm³/mol. The van der Waals surface area contributed by atoms with Gasteiger partial charge in [-0.25, -0.2) is 0 Å². The molecule has 3 aromatic rings. The third-order valence-corrected chi connectivity index (χ3v) is 4.68. The van der Waals surface area contributed by atoms with E-state index in [0.717, 1.165) is 35.5 Å². The lowest BCUT2D eigenvalue weighted by Crippen LogP contribution is -2.22. The van der Waals surface area contributed by atoms with Gasteiger partial charge in [0.05, 0.1) is 13.2 Å². The molecule has 0 fully saturated rings. The van der Waals surface area contributed by atoms with Gasteiger partial charge in [0, 0.05) is 11.4 Å². The Morgan fingerprint density at radius 1 is 0.931 bits per heavy atom. The monoisotopic (exact) mass is 388 g/mol. The van der Waals surface area contributed by atoms with Gasteiger partial charge in [0.25, 0.3) is 0 Å². The first-order chi connectivity index (χ1) is 14.1. The lowest BCUT2D eigenvalue weighted by atomic mass is 10.1. The summed E-state index contributed by atoms with van der Waals surface area (Å²) in [5.41, 5.74) is 5.40. The second-order valence-electron chi connectivity index (χ2n) is 7.18. The van der Waals surface area contributed by atoms with Crippen LogP contribution >= 0.6 is 0 Å². The van der Waals surface area contributed by atoms with Gasteiger partial charge in [0.15, 0.2) is 0 Å². The maximum Gasteiger partial charge on any atom is 0.243 e. The molecule has 29 heavy (non-hydrogen) atoms. The molecule has 2 N–H and O–H groups in total. The summed E-state index contributed by atoms with van der Waals surface area (Å²) < 4.78 is 5.79. The Labute approximate surface area is 172 Å². The molecule has 0 heterocycles. The van der Waals surface area contributed by atoms with Gasteiger partial charge in [-0.05, 0) is 68.1 Å². The summed E-state index contributed by atoms with van der Waals surface area (Å²) in [4.78, 5) is 12.2. The maximum absolute atomic E-state index is 12.2. The molecule has 0 bridgehead atoms. The normalized spacial score (nSPS) is 10.4. The molecular weight excluding hydrogens is 360 g/mol. The van der Waals surface area contributed by atoms with Crippen molar-refractivity contribution >= 4 is 17.3 Å². The van der Waals surface area contributed by atoms with E-state index in [2.05, 4.69) is 47.9 Å². The molecule has 0 aliphatic heterocycles. The van der Waals surface area contributed by atoms with Gasteiger partial charge in [-0.15, -0.1) is 0 Å². The first-order valence-electron chi connectivity index (χ1n) is 9.98. The molecule has 3 aromatic carbocycles. The van der Waals surface area contributed by atoms with Gasteiger partial charge in [-0.3, -0.25) is 4.79 Å². The van der Waals surface area contributed by atoms with E-state index < -0.39 is 0 Å². The van der Waals surface area contributed by atoms with Crippen molar-refractivity contribution in [1.29, 1.82) is 0 Å². The molecule has 0 aliphatic carbocycles. The van der Waals surface area contributed by atoms with E-state index in [1.54, 1.807) is 0 Å². The highest BCUT2D eigenvalue weighted by atomic mass is 16.5. The molecule has 4 nitrogen and oxygen atoms in total. The highest BCUT2D eigenvalue weighted by molar-refractivity contribution is 5.93. The molecule has 0 radical (unpaired) electrons. The summed E-state index contributed by atoms with van der Waals surface area (Å²) in [6.07, 6.45) is 1.97. The van der Waals surface area contributed by atoms with E-state index in [9.17, 15) is 4.79 Å². The van der Waals surface area contributed by atoms with E-state index in [4.69, 9.17) is 4.74 Å². The number of ether oxygens (including phenoxy) is 1. The van der Waals surface area contributed by atoms with Crippen molar-refractivity contribution in [1.82, 2.24) is 0 Å². The number of nitrogens with one attached hydrogen (secondary N) is 2. The van der Waals surface area contributed by atoms with Crippen LogP contribution < -0.4 is 15.4 Å². The van der Waals surface area contributed by atoms with Crippen LogP contribution in [0.25, 0.3) is 0 Å². The third kappa shape index (κ3) is 6.68. The molecule has 4 heteroatoms. The molecule has 0 spiro atoms. The summed E-state index contributed by atoms with van der Waals surface area (Å²) in [5.74, 6) is 0.728. The molecule has 0 unspecified atom stereocenters. The van der Waals surface area contributed by atoms with Crippen LogP contribution in [0.5, 0.6) is 5.75 Å². The number of carbonyl (C=O) groups excluding carboxylic acids is 1. The lowest BCUT2D eigenvalue weighted by molar-refractivity contribution is -0.114. The highest BCUT2D eigenvalue weighted by Crippen LogP contribution is 2.17. The van der Waals surface area contributed by atoms with E-state index >= 15 is 0 Å². The zero-order chi connectivity index (χ0) is 20.5. The fourth-order valence-electron chi connectivity index (χ4n) is 3.14. The standard InChI is InChI=1S/C25H28N2O2/c1-19-10-15-24(20(2)17-19)26-18-25(28)27-22-11-13-23(14-12-22)29-16-6-9-21-7-4-3-5-8-21/h3-5,7-8,10-15,17,26H,6,9,16,18H2,1-2H3,(H,27,28). The number of carbonyl (C=O) groups is 1. The number of hydrogen-bond acceptors (Lipinski definition) is 3. The van der Waals surface area contributed by atoms with Crippen molar-refractivity contribution in [2.45, 2.75) is 26.7 Å². The number of hydrogen-bond donors (Lipinski definition) is 2. The average Bonchev–Trinajstić information content (AvgIpc) is 2.72. The second-order valence-corrected chi connectivity index (χ2v) is 7.18. The molecule has 150 valence electrons. The summed E-state index contributed by atoms with van der Waals surface area (Å²) in [5, 5.41) is 6.08.